The van der Waals surface area contributed by atoms with Gasteiger partial charge in [0.1, 0.15) is 16.7 Å². The fourth-order valence-corrected chi connectivity index (χ4v) is 5.92. The summed E-state index contributed by atoms with van der Waals surface area (Å²) in [4.78, 5) is 12.2. The number of amides is 1. The Hall–Kier alpha value is -2.34. The maximum atomic E-state index is 13.8. The van der Waals surface area contributed by atoms with E-state index >= 15 is 0 Å². The highest BCUT2D eigenvalue weighted by atomic mass is 35.5. The lowest BCUT2D eigenvalue weighted by Crippen LogP contribution is -2.48. The Balaban J connectivity index is 1.74. The van der Waals surface area contributed by atoms with Crippen molar-refractivity contribution in [3.63, 3.8) is 0 Å². The summed E-state index contributed by atoms with van der Waals surface area (Å²) < 4.78 is 73.7. The second-order valence-electron chi connectivity index (χ2n) is 10.4. The van der Waals surface area contributed by atoms with E-state index in [9.17, 15) is 26.4 Å². The molecule has 0 saturated carbocycles. The molecule has 2 atom stereocenters. The summed E-state index contributed by atoms with van der Waals surface area (Å²) in [7, 11) is -3.54. The Kier molecular flexibility index (Phi) is 9.39. The first-order valence-electron chi connectivity index (χ1n) is 12.2. The number of aryl methyl sites for hydroxylation is 1. The number of fused-ring (bicyclic) bond motifs is 1. The zero-order valence-corrected chi connectivity index (χ0v) is 23.3. The summed E-state index contributed by atoms with van der Waals surface area (Å²) in [5.74, 6) is -1.09. The van der Waals surface area contributed by atoms with Gasteiger partial charge in [-0.3, -0.25) is 4.79 Å². The number of hydrogen-bond donors (Lipinski definition) is 3. The molecule has 0 unspecified atom stereocenters. The zero-order chi connectivity index (χ0) is 28.3. The van der Waals surface area contributed by atoms with Crippen molar-refractivity contribution < 1.29 is 31.1 Å². The number of hydrogen-bond acceptors (Lipinski definition) is 5. The fourth-order valence-electron chi connectivity index (χ4n) is 4.27. The first-order chi connectivity index (χ1) is 17.6. The van der Waals surface area contributed by atoms with E-state index in [1.54, 1.807) is 4.72 Å². The average Bonchev–Trinajstić information content (AvgIpc) is 2.81. The van der Waals surface area contributed by atoms with Crippen molar-refractivity contribution in [3.8, 4) is 5.75 Å². The Morgan fingerprint density at radius 2 is 1.87 bits per heavy atom. The van der Waals surface area contributed by atoms with Gasteiger partial charge in [0.2, 0.25) is 15.9 Å². The topological polar surface area (TPSA) is 96.5 Å². The molecule has 3 N–H and O–H groups in total. The summed E-state index contributed by atoms with van der Waals surface area (Å²) in [6.07, 6.45) is -4.00. The molecular formula is C26H33ClF3N3O4S. The summed E-state index contributed by atoms with van der Waals surface area (Å²) in [5.41, 5.74) is 2.92. The van der Waals surface area contributed by atoms with Gasteiger partial charge in [-0.15, -0.1) is 0 Å². The quantitative estimate of drug-likeness (QED) is 0.390. The van der Waals surface area contributed by atoms with Crippen LogP contribution >= 0.6 is 11.6 Å². The normalized spacial score (nSPS) is 17.0. The van der Waals surface area contributed by atoms with E-state index in [0.717, 1.165) is 35.6 Å². The Morgan fingerprint density at radius 1 is 1.16 bits per heavy atom. The van der Waals surface area contributed by atoms with Gasteiger partial charge in [-0.25, -0.2) is 8.42 Å². The van der Waals surface area contributed by atoms with Crippen LogP contribution in [0.2, 0.25) is 5.02 Å². The first-order valence-corrected chi connectivity index (χ1v) is 14.0. The molecular weight excluding hydrogens is 543 g/mol. The van der Waals surface area contributed by atoms with Crippen LogP contribution in [0.25, 0.3) is 0 Å². The van der Waals surface area contributed by atoms with Gasteiger partial charge < -0.3 is 15.4 Å². The van der Waals surface area contributed by atoms with Crippen LogP contribution in [-0.2, 0) is 27.8 Å². The molecule has 2 aromatic carbocycles. The van der Waals surface area contributed by atoms with Crippen molar-refractivity contribution in [1.82, 2.24) is 15.4 Å². The summed E-state index contributed by atoms with van der Waals surface area (Å²) >= 11 is 5.85. The van der Waals surface area contributed by atoms with E-state index in [2.05, 4.69) is 37.5 Å². The molecule has 0 aliphatic heterocycles. The van der Waals surface area contributed by atoms with Crippen LogP contribution in [0, 0.1) is 0 Å². The van der Waals surface area contributed by atoms with Gasteiger partial charge >= 0.3 is 6.18 Å². The molecule has 2 aromatic rings. The number of halogens is 4. The molecule has 0 spiro atoms. The van der Waals surface area contributed by atoms with Crippen LogP contribution in [-0.4, -0.2) is 39.2 Å². The Bertz CT molecular complexity index is 1260. The molecule has 0 saturated heterocycles. The van der Waals surface area contributed by atoms with Crippen molar-refractivity contribution in [2.75, 3.05) is 7.11 Å². The molecule has 0 bridgehead atoms. The number of benzene rings is 2. The van der Waals surface area contributed by atoms with Gasteiger partial charge in [-0.05, 0) is 74.9 Å². The van der Waals surface area contributed by atoms with Crippen molar-refractivity contribution in [2.45, 2.75) is 81.7 Å². The van der Waals surface area contributed by atoms with Crippen molar-refractivity contribution in [2.24, 2.45) is 0 Å². The number of carbonyl (C=O) groups is 1. The van der Waals surface area contributed by atoms with Crippen molar-refractivity contribution >= 4 is 27.5 Å². The number of nitrogens with one attached hydrogen (secondary N) is 3. The summed E-state index contributed by atoms with van der Waals surface area (Å²) in [6.45, 7) is 6.86. The molecule has 1 aliphatic rings. The van der Waals surface area contributed by atoms with Crippen LogP contribution in [0.1, 0.15) is 62.8 Å². The monoisotopic (exact) mass is 575 g/mol. The van der Waals surface area contributed by atoms with Gasteiger partial charge in [-0.1, -0.05) is 29.8 Å². The van der Waals surface area contributed by atoms with Gasteiger partial charge in [-0.2, -0.15) is 17.9 Å². The third kappa shape index (κ3) is 8.08. The predicted octanol–water partition coefficient (Wildman–Crippen LogP) is 5.03. The van der Waals surface area contributed by atoms with Crippen LogP contribution < -0.4 is 20.1 Å². The molecule has 38 heavy (non-hydrogen) atoms. The lowest BCUT2D eigenvalue weighted by molar-refractivity contribution is -0.158. The molecule has 7 nitrogen and oxygen atoms in total. The fraction of sp³-hybridized carbons (Fsp3) is 0.500. The van der Waals surface area contributed by atoms with Gasteiger partial charge in [0.05, 0.1) is 19.6 Å². The van der Waals surface area contributed by atoms with E-state index in [4.69, 9.17) is 16.3 Å². The molecule has 3 rings (SSSR count). The number of ether oxygens (including phenoxy) is 1. The lowest BCUT2D eigenvalue weighted by atomic mass is 9.86. The number of alkyl halides is 3. The van der Waals surface area contributed by atoms with Gasteiger partial charge in [0.25, 0.3) is 0 Å². The molecule has 210 valence electrons. The van der Waals surface area contributed by atoms with Crippen LogP contribution in [0.15, 0.2) is 41.3 Å². The second-order valence-corrected chi connectivity index (χ2v) is 12.5. The number of methoxy groups -OCH3 is 1. The van der Waals surface area contributed by atoms with Crippen LogP contribution in [0.4, 0.5) is 13.2 Å². The lowest BCUT2D eigenvalue weighted by Gasteiger charge is -2.28. The number of carbonyl (C=O) groups excluding carboxylic acids is 1. The maximum absolute atomic E-state index is 13.8. The molecule has 0 aromatic heterocycles. The highest BCUT2D eigenvalue weighted by molar-refractivity contribution is 7.89. The van der Waals surface area contributed by atoms with Crippen molar-refractivity contribution in [1.29, 1.82) is 0 Å². The van der Waals surface area contributed by atoms with E-state index in [1.807, 2.05) is 12.1 Å². The van der Waals surface area contributed by atoms with E-state index in [-0.39, 0.29) is 16.3 Å². The minimum atomic E-state index is -5.02. The minimum Gasteiger partial charge on any atom is -0.495 e. The standard InChI is InChI=1S/C26H33ClF3N3O4S/c1-25(2,3)31-15-16-8-10-19-17(12-16)6-5-7-20(19)32-24(34)14-23(26(28,29)30)33-38(35,36)22-13-18(27)9-11-21(22)37-4/h8-13,20,23,31,33H,5-7,14-15H2,1-4H3,(H,32,34)/t20-,23-/m1/s1. The highest BCUT2D eigenvalue weighted by Gasteiger charge is 2.44. The average molecular weight is 576 g/mol. The minimum absolute atomic E-state index is 0.000727. The summed E-state index contributed by atoms with van der Waals surface area (Å²) in [6, 6.07) is 6.34. The SMILES string of the molecule is COc1ccc(Cl)cc1S(=O)(=O)N[C@H](CC(=O)N[C@@H]1CCCc2cc(CNC(C)(C)C)ccc21)C(F)(F)F. The number of sulfonamides is 1. The Labute approximate surface area is 226 Å². The first kappa shape index (κ1) is 30.2. The molecule has 1 aliphatic carbocycles. The molecule has 0 fully saturated rings. The molecule has 1 amide bonds. The van der Waals surface area contributed by atoms with E-state index in [0.29, 0.717) is 13.0 Å². The maximum Gasteiger partial charge on any atom is 0.405 e. The molecule has 12 heteroatoms. The zero-order valence-electron chi connectivity index (χ0n) is 21.7. The van der Waals surface area contributed by atoms with E-state index in [1.165, 1.54) is 19.2 Å². The Morgan fingerprint density at radius 3 is 2.50 bits per heavy atom. The molecule has 0 heterocycles. The predicted molar refractivity (Wildman–Crippen MR) is 140 cm³/mol. The highest BCUT2D eigenvalue weighted by Crippen LogP contribution is 2.32. The smallest absolute Gasteiger partial charge is 0.405 e. The van der Waals surface area contributed by atoms with Crippen LogP contribution in [0.5, 0.6) is 5.75 Å². The third-order valence-electron chi connectivity index (χ3n) is 6.18. The number of rotatable bonds is 9. The third-order valence-corrected chi connectivity index (χ3v) is 7.90. The van der Waals surface area contributed by atoms with Gasteiger partial charge in [0.15, 0.2) is 0 Å². The van der Waals surface area contributed by atoms with E-state index < -0.39 is 45.5 Å². The van der Waals surface area contributed by atoms with Crippen molar-refractivity contribution in [3.05, 3.63) is 58.1 Å². The van der Waals surface area contributed by atoms with Crippen LogP contribution in [0.3, 0.4) is 0 Å². The summed E-state index contributed by atoms with van der Waals surface area (Å²) in [5, 5.41) is 6.09. The van der Waals surface area contributed by atoms with Gasteiger partial charge in [0, 0.05) is 17.1 Å². The second kappa shape index (κ2) is 11.8. The molecule has 0 radical (unpaired) electrons. The largest absolute Gasteiger partial charge is 0.495 e.